The van der Waals surface area contributed by atoms with Crippen molar-refractivity contribution in [1.82, 2.24) is 10.9 Å². The average Bonchev–Trinajstić information content (AvgIpc) is 2.86. The number of fused-ring (bicyclic) bond motifs is 1. The first kappa shape index (κ1) is 14.1. The van der Waals surface area contributed by atoms with Crippen molar-refractivity contribution in [3.8, 4) is 5.75 Å². The van der Waals surface area contributed by atoms with Crippen molar-refractivity contribution in [1.29, 1.82) is 0 Å². The standard InChI is InChI=1S/C17H16N2O3/c1-2-9-22-15-8-7-11(12-5-3-4-6-13(12)15)10-14-16(20)18-19-17(14)21/h3-8,10H,2,9H2,1H3,(H,18,20)(H,19,21). The summed E-state index contributed by atoms with van der Waals surface area (Å²) in [7, 11) is 0. The zero-order valence-corrected chi connectivity index (χ0v) is 12.2. The fourth-order valence-electron chi connectivity index (χ4n) is 2.40. The van der Waals surface area contributed by atoms with Crippen molar-refractivity contribution in [2.24, 2.45) is 0 Å². The molecule has 1 heterocycles. The summed E-state index contributed by atoms with van der Waals surface area (Å²) in [4.78, 5) is 23.3. The molecule has 1 saturated heterocycles. The van der Waals surface area contributed by atoms with Crippen molar-refractivity contribution in [3.63, 3.8) is 0 Å². The topological polar surface area (TPSA) is 67.4 Å². The maximum atomic E-state index is 11.6. The van der Waals surface area contributed by atoms with Gasteiger partial charge in [-0.3, -0.25) is 20.4 Å². The van der Waals surface area contributed by atoms with Gasteiger partial charge in [-0.25, -0.2) is 0 Å². The molecule has 0 aromatic heterocycles. The first-order chi connectivity index (χ1) is 10.7. The second-order valence-corrected chi connectivity index (χ2v) is 5.01. The summed E-state index contributed by atoms with van der Waals surface area (Å²) in [6, 6.07) is 11.5. The van der Waals surface area contributed by atoms with Crippen LogP contribution in [0.15, 0.2) is 42.0 Å². The Bertz CT molecular complexity index is 763. The van der Waals surface area contributed by atoms with Crippen LogP contribution in [-0.2, 0) is 9.59 Å². The maximum absolute atomic E-state index is 11.6. The number of hydrazine groups is 1. The smallest absolute Gasteiger partial charge is 0.275 e. The highest BCUT2D eigenvalue weighted by molar-refractivity contribution is 6.26. The molecular weight excluding hydrogens is 280 g/mol. The third-order valence-corrected chi connectivity index (χ3v) is 3.46. The lowest BCUT2D eigenvalue weighted by atomic mass is 10.0. The minimum absolute atomic E-state index is 0.104. The number of benzene rings is 2. The van der Waals surface area contributed by atoms with E-state index in [4.69, 9.17) is 4.74 Å². The van der Waals surface area contributed by atoms with Gasteiger partial charge in [-0.2, -0.15) is 0 Å². The van der Waals surface area contributed by atoms with Crippen LogP contribution in [0.2, 0.25) is 0 Å². The quantitative estimate of drug-likeness (QED) is 0.671. The number of rotatable bonds is 4. The Morgan fingerprint density at radius 3 is 2.36 bits per heavy atom. The van der Waals surface area contributed by atoms with E-state index in [9.17, 15) is 9.59 Å². The summed E-state index contributed by atoms with van der Waals surface area (Å²) in [5.41, 5.74) is 5.50. The number of hydrogen-bond donors (Lipinski definition) is 2. The SMILES string of the molecule is CCCOc1ccc(C=C2C(=O)NNC2=O)c2ccccc12. The van der Waals surface area contributed by atoms with Gasteiger partial charge >= 0.3 is 0 Å². The van der Waals surface area contributed by atoms with Gasteiger partial charge in [-0.15, -0.1) is 0 Å². The lowest BCUT2D eigenvalue weighted by Crippen LogP contribution is -2.28. The van der Waals surface area contributed by atoms with Crippen LogP contribution in [0.25, 0.3) is 16.8 Å². The number of ether oxygens (including phenoxy) is 1. The van der Waals surface area contributed by atoms with Crippen molar-refractivity contribution in [2.45, 2.75) is 13.3 Å². The van der Waals surface area contributed by atoms with E-state index >= 15 is 0 Å². The molecule has 0 aliphatic carbocycles. The molecular formula is C17H16N2O3. The minimum Gasteiger partial charge on any atom is -0.493 e. The first-order valence-corrected chi connectivity index (χ1v) is 7.17. The molecule has 0 radical (unpaired) electrons. The molecule has 22 heavy (non-hydrogen) atoms. The van der Waals surface area contributed by atoms with Crippen LogP contribution in [0.3, 0.4) is 0 Å². The molecule has 0 saturated carbocycles. The zero-order valence-electron chi connectivity index (χ0n) is 12.2. The molecule has 0 spiro atoms. The van der Waals surface area contributed by atoms with Gasteiger partial charge in [0.25, 0.3) is 11.8 Å². The number of amides is 2. The van der Waals surface area contributed by atoms with Crippen LogP contribution in [0.1, 0.15) is 18.9 Å². The highest BCUT2D eigenvalue weighted by Crippen LogP contribution is 2.30. The van der Waals surface area contributed by atoms with Crippen LogP contribution >= 0.6 is 0 Å². The molecule has 5 heteroatoms. The van der Waals surface area contributed by atoms with Crippen molar-refractivity contribution < 1.29 is 14.3 Å². The monoisotopic (exact) mass is 296 g/mol. The normalized spacial score (nSPS) is 14.0. The summed E-state index contributed by atoms with van der Waals surface area (Å²) in [6.45, 7) is 2.70. The van der Waals surface area contributed by atoms with Gasteiger partial charge in [0, 0.05) is 5.39 Å². The van der Waals surface area contributed by atoms with Crippen LogP contribution in [0, 0.1) is 0 Å². The van der Waals surface area contributed by atoms with Crippen LogP contribution < -0.4 is 15.6 Å². The second-order valence-electron chi connectivity index (χ2n) is 5.01. The number of carbonyl (C=O) groups is 2. The Morgan fingerprint density at radius 1 is 1.00 bits per heavy atom. The highest BCUT2D eigenvalue weighted by atomic mass is 16.5. The zero-order chi connectivity index (χ0) is 15.5. The lowest BCUT2D eigenvalue weighted by molar-refractivity contribution is -0.117. The summed E-state index contributed by atoms with van der Waals surface area (Å²) in [5.74, 6) is -0.0271. The van der Waals surface area contributed by atoms with Gasteiger partial charge in [0.1, 0.15) is 11.3 Å². The predicted molar refractivity (Wildman–Crippen MR) is 84.0 cm³/mol. The fourth-order valence-corrected chi connectivity index (χ4v) is 2.40. The Morgan fingerprint density at radius 2 is 1.68 bits per heavy atom. The van der Waals surface area contributed by atoms with Crippen molar-refractivity contribution in [2.75, 3.05) is 6.61 Å². The summed E-state index contributed by atoms with van der Waals surface area (Å²) in [5, 5.41) is 1.90. The Balaban J connectivity index is 2.10. The molecule has 2 aromatic carbocycles. The van der Waals surface area contributed by atoms with E-state index in [-0.39, 0.29) is 5.57 Å². The second kappa shape index (κ2) is 5.89. The third kappa shape index (κ3) is 2.53. The molecule has 112 valence electrons. The lowest BCUT2D eigenvalue weighted by Gasteiger charge is -2.10. The molecule has 3 rings (SSSR count). The maximum Gasteiger partial charge on any atom is 0.275 e. The minimum atomic E-state index is -0.416. The van der Waals surface area contributed by atoms with E-state index < -0.39 is 11.8 Å². The molecule has 1 aliphatic rings. The van der Waals surface area contributed by atoms with Crippen molar-refractivity contribution in [3.05, 3.63) is 47.5 Å². The molecule has 0 atom stereocenters. The number of carbonyl (C=O) groups excluding carboxylic acids is 2. The molecule has 1 fully saturated rings. The van der Waals surface area contributed by atoms with Crippen LogP contribution in [0.4, 0.5) is 0 Å². The van der Waals surface area contributed by atoms with E-state index in [0.717, 1.165) is 28.5 Å². The van der Waals surface area contributed by atoms with Gasteiger partial charge < -0.3 is 4.74 Å². The molecule has 2 amide bonds. The van der Waals surface area contributed by atoms with E-state index in [0.29, 0.717) is 6.61 Å². The molecule has 2 N–H and O–H groups in total. The summed E-state index contributed by atoms with van der Waals surface area (Å²) < 4.78 is 5.76. The molecule has 1 aliphatic heterocycles. The molecule has 2 aromatic rings. The van der Waals surface area contributed by atoms with E-state index in [2.05, 4.69) is 17.8 Å². The van der Waals surface area contributed by atoms with Crippen molar-refractivity contribution >= 4 is 28.7 Å². The molecule has 0 bridgehead atoms. The summed E-state index contributed by atoms with van der Waals surface area (Å²) in [6.07, 6.45) is 2.53. The van der Waals surface area contributed by atoms with E-state index in [1.807, 2.05) is 36.4 Å². The average molecular weight is 296 g/mol. The van der Waals surface area contributed by atoms with Crippen LogP contribution in [0.5, 0.6) is 5.75 Å². The number of hydrogen-bond acceptors (Lipinski definition) is 3. The van der Waals surface area contributed by atoms with E-state index in [1.165, 1.54) is 0 Å². The predicted octanol–water partition coefficient (Wildman–Crippen LogP) is 2.17. The Hall–Kier alpha value is -2.82. The van der Waals surface area contributed by atoms with Gasteiger partial charge in [0.15, 0.2) is 0 Å². The number of nitrogens with one attached hydrogen (secondary N) is 2. The summed E-state index contributed by atoms with van der Waals surface area (Å²) >= 11 is 0. The first-order valence-electron chi connectivity index (χ1n) is 7.17. The third-order valence-electron chi connectivity index (χ3n) is 3.46. The largest absolute Gasteiger partial charge is 0.493 e. The molecule has 5 nitrogen and oxygen atoms in total. The van der Waals surface area contributed by atoms with Gasteiger partial charge in [-0.1, -0.05) is 37.3 Å². The van der Waals surface area contributed by atoms with Gasteiger partial charge in [-0.05, 0) is 29.5 Å². The Labute approximate surface area is 127 Å². The highest BCUT2D eigenvalue weighted by Gasteiger charge is 2.25. The van der Waals surface area contributed by atoms with Crippen LogP contribution in [-0.4, -0.2) is 18.4 Å². The molecule has 0 unspecified atom stereocenters. The Kier molecular flexibility index (Phi) is 3.78. The van der Waals surface area contributed by atoms with E-state index in [1.54, 1.807) is 6.08 Å². The van der Waals surface area contributed by atoms with Gasteiger partial charge in [0.05, 0.1) is 6.61 Å². The van der Waals surface area contributed by atoms with Gasteiger partial charge in [0.2, 0.25) is 0 Å². The fraction of sp³-hybridized carbons (Fsp3) is 0.176.